The highest BCUT2D eigenvalue weighted by Crippen LogP contribution is 2.30. The summed E-state index contributed by atoms with van der Waals surface area (Å²) in [5, 5.41) is 9.80. The monoisotopic (exact) mass is 576 g/mol. The number of amides is 3. The van der Waals surface area contributed by atoms with Gasteiger partial charge in [-0.3, -0.25) is 14.4 Å². The number of hydrogen-bond donors (Lipinski definition) is 3. The lowest BCUT2D eigenvalue weighted by Gasteiger charge is -2.13. The van der Waals surface area contributed by atoms with E-state index in [1.807, 2.05) is 0 Å². The van der Waals surface area contributed by atoms with Crippen molar-refractivity contribution in [2.45, 2.75) is 13.8 Å². The Bertz CT molecular complexity index is 1380. The molecule has 3 amide bonds. The van der Waals surface area contributed by atoms with Crippen molar-refractivity contribution >= 4 is 70.1 Å². The third kappa shape index (κ3) is 7.85. The van der Waals surface area contributed by atoms with Crippen molar-refractivity contribution < 1.29 is 23.9 Å². The van der Waals surface area contributed by atoms with Gasteiger partial charge in [0.05, 0.1) is 28.6 Å². The van der Waals surface area contributed by atoms with Gasteiger partial charge < -0.3 is 20.1 Å². The number of hydrazone groups is 1. The largest absolute Gasteiger partial charge is 0.490 e. The lowest BCUT2D eigenvalue weighted by atomic mass is 10.2. The van der Waals surface area contributed by atoms with Gasteiger partial charge in [-0.1, -0.05) is 46.9 Å². The van der Waals surface area contributed by atoms with Crippen LogP contribution in [-0.4, -0.2) is 37.1 Å². The maximum Gasteiger partial charge on any atom is 0.329 e. The molecule has 12 heteroatoms. The zero-order chi connectivity index (χ0) is 27.7. The minimum Gasteiger partial charge on any atom is -0.490 e. The Morgan fingerprint density at radius 2 is 1.58 bits per heavy atom. The molecule has 198 valence electrons. The van der Waals surface area contributed by atoms with Gasteiger partial charge in [0.15, 0.2) is 18.1 Å². The van der Waals surface area contributed by atoms with Crippen molar-refractivity contribution in [1.29, 1.82) is 0 Å². The average molecular weight is 578 g/mol. The second-order valence-corrected chi connectivity index (χ2v) is 8.84. The van der Waals surface area contributed by atoms with Gasteiger partial charge in [0, 0.05) is 10.7 Å². The summed E-state index contributed by atoms with van der Waals surface area (Å²) in [4.78, 5) is 36.5. The molecule has 0 aliphatic heterocycles. The molecule has 0 fully saturated rings. The van der Waals surface area contributed by atoms with Gasteiger partial charge in [0.1, 0.15) is 0 Å². The smallest absolute Gasteiger partial charge is 0.329 e. The number of nitrogens with zero attached hydrogens (tertiary/aromatic N) is 1. The minimum absolute atomic E-state index is 0.113. The number of halogens is 3. The van der Waals surface area contributed by atoms with E-state index in [0.717, 1.165) is 5.56 Å². The highest BCUT2D eigenvalue weighted by atomic mass is 35.5. The molecule has 3 rings (SSSR count). The third-order valence-corrected chi connectivity index (χ3v) is 6.18. The fraction of sp³-hybridized carbons (Fsp3) is 0.154. The third-order valence-electron chi connectivity index (χ3n) is 4.95. The molecule has 0 saturated carbocycles. The predicted octanol–water partition coefficient (Wildman–Crippen LogP) is 5.46. The maximum absolute atomic E-state index is 12.4. The molecule has 0 aliphatic rings. The molecule has 0 aliphatic carbocycles. The second kappa shape index (κ2) is 13.7. The number of anilines is 2. The first-order valence-electron chi connectivity index (χ1n) is 11.2. The Labute approximate surface area is 234 Å². The molecule has 0 radical (unpaired) electrons. The summed E-state index contributed by atoms with van der Waals surface area (Å²) in [6, 6.07) is 14.7. The maximum atomic E-state index is 12.4. The number of carbonyl (C=O) groups excluding carboxylic acids is 3. The van der Waals surface area contributed by atoms with Gasteiger partial charge in [-0.05, 0) is 67.4 Å². The molecular formula is C26H23Cl3N4O5. The van der Waals surface area contributed by atoms with E-state index < -0.39 is 11.8 Å². The van der Waals surface area contributed by atoms with Crippen LogP contribution < -0.4 is 25.5 Å². The van der Waals surface area contributed by atoms with Crippen LogP contribution in [0, 0.1) is 6.92 Å². The van der Waals surface area contributed by atoms with E-state index in [2.05, 4.69) is 21.2 Å². The van der Waals surface area contributed by atoms with E-state index in [9.17, 15) is 14.4 Å². The Kier molecular flexibility index (Phi) is 10.3. The van der Waals surface area contributed by atoms with Gasteiger partial charge in [0.2, 0.25) is 0 Å². The van der Waals surface area contributed by atoms with Crippen LogP contribution in [0.5, 0.6) is 11.5 Å². The summed E-state index contributed by atoms with van der Waals surface area (Å²) < 4.78 is 11.2. The van der Waals surface area contributed by atoms with Gasteiger partial charge in [-0.2, -0.15) is 5.10 Å². The van der Waals surface area contributed by atoms with Crippen molar-refractivity contribution in [3.63, 3.8) is 0 Å². The molecule has 3 aromatic carbocycles. The number of nitrogens with one attached hydrogen (secondary N) is 3. The summed E-state index contributed by atoms with van der Waals surface area (Å²) in [5.74, 6) is -1.66. The summed E-state index contributed by atoms with van der Waals surface area (Å²) in [6.07, 6.45) is 1.32. The van der Waals surface area contributed by atoms with Crippen LogP contribution in [0.1, 0.15) is 18.1 Å². The van der Waals surface area contributed by atoms with Crippen molar-refractivity contribution in [1.82, 2.24) is 5.43 Å². The first-order chi connectivity index (χ1) is 18.2. The first kappa shape index (κ1) is 28.8. The standard InChI is InChI=1S/C26H23Cl3N4O5/c1-3-37-22-12-16(13-30-33-26(36)25(35)32-20-9-5-7-18(28)24(20)29)10-11-21(22)38-14-23(34)31-19-8-4-6-17(27)15(19)2/h4-13H,3,14H2,1-2H3,(H,31,34)(H,32,35)(H,33,36)/b30-13-. The van der Waals surface area contributed by atoms with E-state index >= 15 is 0 Å². The summed E-state index contributed by atoms with van der Waals surface area (Å²) in [5.41, 5.74) is 4.20. The Morgan fingerprint density at radius 1 is 0.868 bits per heavy atom. The molecule has 9 nitrogen and oxygen atoms in total. The minimum atomic E-state index is -1.01. The van der Waals surface area contributed by atoms with Crippen LogP contribution in [-0.2, 0) is 14.4 Å². The van der Waals surface area contributed by atoms with Crippen LogP contribution in [0.25, 0.3) is 0 Å². The number of benzene rings is 3. The topological polar surface area (TPSA) is 118 Å². The zero-order valence-electron chi connectivity index (χ0n) is 20.3. The van der Waals surface area contributed by atoms with E-state index in [4.69, 9.17) is 44.3 Å². The normalized spacial score (nSPS) is 10.7. The molecule has 3 aromatic rings. The van der Waals surface area contributed by atoms with Crippen LogP contribution in [0.3, 0.4) is 0 Å². The molecule has 3 N–H and O–H groups in total. The van der Waals surface area contributed by atoms with E-state index in [-0.39, 0.29) is 28.2 Å². The van der Waals surface area contributed by atoms with E-state index in [0.29, 0.717) is 34.4 Å². The number of hydrogen-bond acceptors (Lipinski definition) is 6. The number of carbonyl (C=O) groups is 3. The molecule has 0 unspecified atom stereocenters. The molecule has 0 atom stereocenters. The Hall–Kier alpha value is -3.79. The highest BCUT2D eigenvalue weighted by Gasteiger charge is 2.16. The van der Waals surface area contributed by atoms with Crippen molar-refractivity contribution in [3.8, 4) is 11.5 Å². The van der Waals surface area contributed by atoms with E-state index in [1.165, 1.54) is 12.3 Å². The summed E-state index contributed by atoms with van der Waals surface area (Å²) in [7, 11) is 0. The van der Waals surface area contributed by atoms with Crippen LogP contribution in [0.2, 0.25) is 15.1 Å². The number of ether oxygens (including phenoxy) is 2. The SMILES string of the molecule is CCOc1cc(/C=N\NC(=O)C(=O)Nc2cccc(Cl)c2Cl)ccc1OCC(=O)Nc1cccc(Cl)c1C. The van der Waals surface area contributed by atoms with Crippen LogP contribution in [0.4, 0.5) is 11.4 Å². The molecular weight excluding hydrogens is 555 g/mol. The molecule has 0 aromatic heterocycles. The molecule has 38 heavy (non-hydrogen) atoms. The second-order valence-electron chi connectivity index (χ2n) is 7.64. The van der Waals surface area contributed by atoms with Gasteiger partial charge >= 0.3 is 11.8 Å². The van der Waals surface area contributed by atoms with Crippen LogP contribution >= 0.6 is 34.8 Å². The molecule has 0 heterocycles. The quantitative estimate of drug-likeness (QED) is 0.177. The fourth-order valence-corrected chi connectivity index (χ4v) is 3.58. The summed E-state index contributed by atoms with van der Waals surface area (Å²) in [6.45, 7) is 3.68. The van der Waals surface area contributed by atoms with Gasteiger partial charge in [0.25, 0.3) is 5.91 Å². The Balaban J connectivity index is 1.58. The fourth-order valence-electron chi connectivity index (χ4n) is 3.06. The van der Waals surface area contributed by atoms with Gasteiger partial charge in [-0.25, -0.2) is 5.43 Å². The first-order valence-corrected chi connectivity index (χ1v) is 12.4. The van der Waals surface area contributed by atoms with E-state index in [1.54, 1.807) is 62.4 Å². The zero-order valence-corrected chi connectivity index (χ0v) is 22.6. The predicted molar refractivity (Wildman–Crippen MR) is 149 cm³/mol. The van der Waals surface area contributed by atoms with Crippen molar-refractivity contribution in [3.05, 3.63) is 80.8 Å². The van der Waals surface area contributed by atoms with Crippen LogP contribution in [0.15, 0.2) is 59.7 Å². The number of rotatable bonds is 9. The lowest BCUT2D eigenvalue weighted by molar-refractivity contribution is -0.136. The molecule has 0 saturated heterocycles. The molecule has 0 bridgehead atoms. The van der Waals surface area contributed by atoms with Crippen molar-refractivity contribution in [2.24, 2.45) is 5.10 Å². The highest BCUT2D eigenvalue weighted by molar-refractivity contribution is 6.45. The van der Waals surface area contributed by atoms with Crippen molar-refractivity contribution in [2.75, 3.05) is 23.8 Å². The summed E-state index contributed by atoms with van der Waals surface area (Å²) >= 11 is 18.0. The average Bonchev–Trinajstić information content (AvgIpc) is 2.89. The van der Waals surface area contributed by atoms with Gasteiger partial charge in [-0.15, -0.1) is 0 Å². The lowest BCUT2D eigenvalue weighted by Crippen LogP contribution is -2.32. The Morgan fingerprint density at radius 3 is 2.32 bits per heavy atom. The molecule has 0 spiro atoms.